The van der Waals surface area contributed by atoms with Crippen LogP contribution in [-0.2, 0) is 6.42 Å². The number of aromatic nitrogens is 3. The Bertz CT molecular complexity index is 532. The Morgan fingerprint density at radius 2 is 1.95 bits per heavy atom. The van der Waals surface area contributed by atoms with Crippen LogP contribution in [0, 0.1) is 0 Å². The fourth-order valence-corrected chi connectivity index (χ4v) is 2.11. The zero-order valence-electron chi connectivity index (χ0n) is 12.9. The van der Waals surface area contributed by atoms with Crippen LogP contribution in [0.3, 0.4) is 0 Å². The number of hydrogen-bond donors (Lipinski definition) is 2. The van der Waals surface area contributed by atoms with Crippen LogP contribution in [0.5, 0.6) is 0 Å². The van der Waals surface area contributed by atoms with Gasteiger partial charge in [0.05, 0.1) is 11.7 Å². The first-order valence-electron chi connectivity index (χ1n) is 7.52. The van der Waals surface area contributed by atoms with Gasteiger partial charge in [-0.15, -0.1) is 0 Å². The lowest BCUT2D eigenvalue weighted by molar-refractivity contribution is 0.805. The molecule has 1 unspecified atom stereocenters. The highest BCUT2D eigenvalue weighted by molar-refractivity contribution is 5.48. The minimum absolute atomic E-state index is 0.102. The molecule has 0 bridgehead atoms. The Hall–Kier alpha value is -2.17. The molecule has 0 aliphatic carbocycles. The maximum atomic E-state index is 4.58. The van der Waals surface area contributed by atoms with Crippen molar-refractivity contribution in [1.29, 1.82) is 0 Å². The number of nitrogens with one attached hydrogen (secondary N) is 2. The molecule has 2 aromatic heterocycles. The molecule has 5 nitrogen and oxygen atoms in total. The Morgan fingerprint density at radius 1 is 1.14 bits per heavy atom. The SMILES string of the molecule is CCCc1nc(NCC)cc(NC(C)c2ccccn2)n1. The van der Waals surface area contributed by atoms with Crippen molar-refractivity contribution in [2.24, 2.45) is 0 Å². The molecule has 2 heterocycles. The molecule has 0 spiro atoms. The first kappa shape index (κ1) is 15.2. The number of rotatable bonds is 7. The highest BCUT2D eigenvalue weighted by Crippen LogP contribution is 2.18. The lowest BCUT2D eigenvalue weighted by atomic mass is 10.2. The molecule has 0 aliphatic rings. The Morgan fingerprint density at radius 3 is 2.62 bits per heavy atom. The average molecular weight is 285 g/mol. The van der Waals surface area contributed by atoms with Crippen LogP contribution >= 0.6 is 0 Å². The second kappa shape index (κ2) is 7.57. The van der Waals surface area contributed by atoms with E-state index in [2.05, 4.69) is 46.4 Å². The van der Waals surface area contributed by atoms with Crippen LogP contribution in [-0.4, -0.2) is 21.5 Å². The van der Waals surface area contributed by atoms with E-state index in [4.69, 9.17) is 0 Å². The number of nitrogens with zero attached hydrogens (tertiary/aromatic N) is 3. The molecule has 0 saturated carbocycles. The summed E-state index contributed by atoms with van der Waals surface area (Å²) in [6.45, 7) is 7.12. The zero-order valence-corrected chi connectivity index (χ0v) is 12.9. The van der Waals surface area contributed by atoms with Gasteiger partial charge in [-0.25, -0.2) is 9.97 Å². The van der Waals surface area contributed by atoms with Crippen molar-refractivity contribution in [3.63, 3.8) is 0 Å². The van der Waals surface area contributed by atoms with Gasteiger partial charge in [0.15, 0.2) is 0 Å². The van der Waals surface area contributed by atoms with E-state index in [-0.39, 0.29) is 6.04 Å². The topological polar surface area (TPSA) is 62.7 Å². The van der Waals surface area contributed by atoms with Crippen LogP contribution in [0.4, 0.5) is 11.6 Å². The number of anilines is 2. The Labute approximate surface area is 126 Å². The van der Waals surface area contributed by atoms with Crippen LogP contribution < -0.4 is 10.6 Å². The molecule has 5 heteroatoms. The van der Waals surface area contributed by atoms with Crippen molar-refractivity contribution in [2.45, 2.75) is 39.7 Å². The van der Waals surface area contributed by atoms with Gasteiger partial charge in [0, 0.05) is 25.2 Å². The van der Waals surface area contributed by atoms with Gasteiger partial charge in [0.25, 0.3) is 0 Å². The summed E-state index contributed by atoms with van der Waals surface area (Å²) in [6, 6.07) is 7.97. The molecule has 0 aromatic carbocycles. The number of hydrogen-bond acceptors (Lipinski definition) is 5. The Kier molecular flexibility index (Phi) is 5.49. The summed E-state index contributed by atoms with van der Waals surface area (Å²) < 4.78 is 0. The smallest absolute Gasteiger partial charge is 0.133 e. The Balaban J connectivity index is 2.18. The standard InChI is InChI=1S/C16H23N5/c1-4-8-14-20-15(17-5-2)11-16(21-14)19-12(3)13-9-6-7-10-18-13/h6-7,9-12H,4-5,8H2,1-3H3,(H2,17,19,20,21). The van der Waals surface area contributed by atoms with Crippen LogP contribution in [0.1, 0.15) is 44.8 Å². The third-order valence-corrected chi connectivity index (χ3v) is 3.10. The summed E-state index contributed by atoms with van der Waals surface area (Å²) >= 11 is 0. The summed E-state index contributed by atoms with van der Waals surface area (Å²) in [6.07, 6.45) is 3.72. The molecular formula is C16H23N5. The lowest BCUT2D eigenvalue weighted by Gasteiger charge is -2.15. The fourth-order valence-electron chi connectivity index (χ4n) is 2.11. The van der Waals surface area contributed by atoms with Crippen molar-refractivity contribution in [1.82, 2.24) is 15.0 Å². The third kappa shape index (κ3) is 4.41. The van der Waals surface area contributed by atoms with Crippen molar-refractivity contribution in [2.75, 3.05) is 17.2 Å². The molecule has 2 rings (SSSR count). The predicted octanol–water partition coefficient (Wildman–Crippen LogP) is 3.43. The quantitative estimate of drug-likeness (QED) is 0.816. The number of aryl methyl sites for hydroxylation is 1. The van der Waals surface area contributed by atoms with Gasteiger partial charge in [0.1, 0.15) is 17.5 Å². The van der Waals surface area contributed by atoms with E-state index < -0.39 is 0 Å². The largest absolute Gasteiger partial charge is 0.370 e. The highest BCUT2D eigenvalue weighted by atomic mass is 15.1. The molecule has 112 valence electrons. The first-order valence-corrected chi connectivity index (χ1v) is 7.52. The zero-order chi connectivity index (χ0) is 15.1. The summed E-state index contributed by atoms with van der Waals surface area (Å²) in [7, 11) is 0. The van der Waals surface area contributed by atoms with Gasteiger partial charge in [-0.2, -0.15) is 0 Å². The van der Waals surface area contributed by atoms with E-state index in [9.17, 15) is 0 Å². The van der Waals surface area contributed by atoms with Crippen molar-refractivity contribution in [3.8, 4) is 0 Å². The molecule has 1 atom stereocenters. The summed E-state index contributed by atoms with van der Waals surface area (Å²) in [5.41, 5.74) is 0.998. The minimum atomic E-state index is 0.102. The van der Waals surface area contributed by atoms with E-state index >= 15 is 0 Å². The first-order chi connectivity index (χ1) is 10.2. The molecule has 0 radical (unpaired) electrons. The summed E-state index contributed by atoms with van der Waals surface area (Å²) in [5, 5.41) is 6.66. The van der Waals surface area contributed by atoms with Gasteiger partial charge in [-0.1, -0.05) is 13.0 Å². The summed E-state index contributed by atoms with van der Waals surface area (Å²) in [4.78, 5) is 13.5. The third-order valence-electron chi connectivity index (χ3n) is 3.10. The maximum absolute atomic E-state index is 4.58. The second-order valence-corrected chi connectivity index (χ2v) is 4.96. The monoisotopic (exact) mass is 285 g/mol. The van der Waals surface area contributed by atoms with Crippen LogP contribution in [0.25, 0.3) is 0 Å². The molecule has 2 N–H and O–H groups in total. The van der Waals surface area contributed by atoms with Gasteiger partial charge in [-0.05, 0) is 32.4 Å². The van der Waals surface area contributed by atoms with E-state index in [0.29, 0.717) is 0 Å². The van der Waals surface area contributed by atoms with Crippen molar-refractivity contribution >= 4 is 11.6 Å². The molecule has 0 aliphatic heterocycles. The second-order valence-electron chi connectivity index (χ2n) is 4.96. The maximum Gasteiger partial charge on any atom is 0.133 e. The van der Waals surface area contributed by atoms with Crippen LogP contribution in [0.2, 0.25) is 0 Å². The summed E-state index contributed by atoms with van der Waals surface area (Å²) in [5.74, 6) is 2.57. The van der Waals surface area contributed by atoms with Crippen molar-refractivity contribution in [3.05, 3.63) is 42.0 Å². The lowest BCUT2D eigenvalue weighted by Crippen LogP contribution is -2.12. The molecule has 21 heavy (non-hydrogen) atoms. The van der Waals surface area contributed by atoms with Gasteiger partial charge >= 0.3 is 0 Å². The van der Waals surface area contributed by atoms with E-state index in [0.717, 1.165) is 42.5 Å². The van der Waals surface area contributed by atoms with Gasteiger partial charge in [0.2, 0.25) is 0 Å². The minimum Gasteiger partial charge on any atom is -0.370 e. The normalized spacial score (nSPS) is 12.0. The molecule has 0 saturated heterocycles. The van der Waals surface area contributed by atoms with Gasteiger partial charge in [-0.3, -0.25) is 4.98 Å². The number of pyridine rings is 1. The molecule has 0 amide bonds. The van der Waals surface area contributed by atoms with Gasteiger partial charge < -0.3 is 10.6 Å². The molecule has 2 aromatic rings. The predicted molar refractivity (Wildman–Crippen MR) is 86.5 cm³/mol. The highest BCUT2D eigenvalue weighted by Gasteiger charge is 2.09. The van der Waals surface area contributed by atoms with Crippen LogP contribution in [0.15, 0.2) is 30.5 Å². The van der Waals surface area contributed by atoms with Crippen molar-refractivity contribution < 1.29 is 0 Å². The van der Waals surface area contributed by atoms with E-state index in [1.165, 1.54) is 0 Å². The average Bonchev–Trinajstić information content (AvgIpc) is 2.48. The van der Waals surface area contributed by atoms with E-state index in [1.807, 2.05) is 24.3 Å². The van der Waals surface area contributed by atoms with E-state index in [1.54, 1.807) is 6.20 Å². The molecule has 0 fully saturated rings. The fraction of sp³-hybridized carbons (Fsp3) is 0.438. The molecular weight excluding hydrogens is 262 g/mol.